The lowest BCUT2D eigenvalue weighted by atomic mass is 10.2. The van der Waals surface area contributed by atoms with Gasteiger partial charge in [-0.15, -0.1) is 11.3 Å². The number of aromatic nitrogens is 1. The Kier molecular flexibility index (Phi) is 3.97. The fraction of sp³-hybridized carbons (Fsp3) is 0.167. The Bertz CT molecular complexity index is 531. The highest BCUT2D eigenvalue weighted by molar-refractivity contribution is 7.09. The van der Waals surface area contributed by atoms with E-state index < -0.39 is 0 Å². The number of nitriles is 1. The van der Waals surface area contributed by atoms with Crippen LogP contribution in [0.5, 0.6) is 0 Å². The fourth-order valence-corrected chi connectivity index (χ4v) is 2.24. The lowest BCUT2D eigenvalue weighted by Gasteiger charge is -2.07. The van der Waals surface area contributed by atoms with Crippen LogP contribution in [0.4, 0.5) is 5.69 Å². The van der Waals surface area contributed by atoms with Crippen molar-refractivity contribution >= 4 is 28.6 Å². The maximum atomic E-state index is 8.97. The van der Waals surface area contributed by atoms with Gasteiger partial charge in [-0.1, -0.05) is 11.6 Å². The van der Waals surface area contributed by atoms with Crippen molar-refractivity contribution in [1.82, 2.24) is 4.98 Å². The molecule has 86 valence electrons. The number of hydrogen-bond donors (Lipinski definition) is 1. The smallest absolute Gasteiger partial charge is 0.101 e. The molecule has 0 atom stereocenters. The number of thiazole rings is 1. The second kappa shape index (κ2) is 5.67. The van der Waals surface area contributed by atoms with Crippen LogP contribution < -0.4 is 5.32 Å². The van der Waals surface area contributed by atoms with Crippen molar-refractivity contribution in [2.24, 2.45) is 0 Å². The van der Waals surface area contributed by atoms with Crippen LogP contribution in [0, 0.1) is 11.3 Å². The number of nitrogens with zero attached hydrogens (tertiary/aromatic N) is 2. The maximum Gasteiger partial charge on any atom is 0.101 e. The third kappa shape index (κ3) is 3.19. The van der Waals surface area contributed by atoms with Gasteiger partial charge in [0.1, 0.15) is 6.07 Å². The summed E-state index contributed by atoms with van der Waals surface area (Å²) in [7, 11) is 0. The second-order valence-corrected chi connectivity index (χ2v) is 4.82. The predicted molar refractivity (Wildman–Crippen MR) is 70.5 cm³/mol. The minimum atomic E-state index is 0.566. The molecule has 1 heterocycles. The van der Waals surface area contributed by atoms with E-state index in [0.29, 0.717) is 10.6 Å². The summed E-state index contributed by atoms with van der Waals surface area (Å²) >= 11 is 7.46. The van der Waals surface area contributed by atoms with Gasteiger partial charge in [0.2, 0.25) is 0 Å². The van der Waals surface area contributed by atoms with Crippen LogP contribution >= 0.6 is 22.9 Å². The molecule has 0 aliphatic carbocycles. The lowest BCUT2D eigenvalue weighted by Crippen LogP contribution is -2.05. The molecule has 1 N–H and O–H groups in total. The van der Waals surface area contributed by atoms with Crippen LogP contribution in [0.1, 0.15) is 10.6 Å². The maximum absolute atomic E-state index is 8.97. The van der Waals surface area contributed by atoms with Crippen molar-refractivity contribution in [2.45, 2.75) is 6.42 Å². The lowest BCUT2D eigenvalue weighted by molar-refractivity contribution is 0.997. The Labute approximate surface area is 109 Å². The summed E-state index contributed by atoms with van der Waals surface area (Å²) in [5.41, 5.74) is 1.38. The van der Waals surface area contributed by atoms with Gasteiger partial charge in [0.15, 0.2) is 0 Å². The summed E-state index contributed by atoms with van der Waals surface area (Å²) in [5, 5.41) is 15.8. The molecule has 0 fully saturated rings. The standard InChI is InChI=1S/C12H10ClN3S/c13-10-1-2-11(9(7-10)8-14)15-4-3-12-16-5-6-17-12/h1-2,5-7,15H,3-4H2. The van der Waals surface area contributed by atoms with Gasteiger partial charge < -0.3 is 5.32 Å². The van der Waals surface area contributed by atoms with Crippen LogP contribution in [0.25, 0.3) is 0 Å². The molecule has 0 saturated carbocycles. The van der Waals surface area contributed by atoms with E-state index in [2.05, 4.69) is 16.4 Å². The summed E-state index contributed by atoms with van der Waals surface area (Å²) in [6, 6.07) is 7.37. The predicted octanol–water partition coefficient (Wildman–Crippen LogP) is 3.32. The molecule has 1 aromatic heterocycles. The summed E-state index contributed by atoms with van der Waals surface area (Å²) in [6.45, 7) is 0.754. The SMILES string of the molecule is N#Cc1cc(Cl)ccc1NCCc1nccs1. The van der Waals surface area contributed by atoms with Gasteiger partial charge in [-0.3, -0.25) is 0 Å². The first-order valence-electron chi connectivity index (χ1n) is 5.11. The Hall–Kier alpha value is -1.57. The summed E-state index contributed by atoms with van der Waals surface area (Å²) < 4.78 is 0. The van der Waals surface area contributed by atoms with Crippen LogP contribution in [-0.2, 0) is 6.42 Å². The Balaban J connectivity index is 1.97. The molecule has 5 heteroatoms. The van der Waals surface area contributed by atoms with Crippen molar-refractivity contribution in [1.29, 1.82) is 5.26 Å². The number of rotatable bonds is 4. The summed E-state index contributed by atoms with van der Waals surface area (Å²) in [4.78, 5) is 4.20. The van der Waals surface area contributed by atoms with Crippen molar-refractivity contribution < 1.29 is 0 Å². The average molecular weight is 264 g/mol. The monoisotopic (exact) mass is 263 g/mol. The van der Waals surface area contributed by atoms with Crippen LogP contribution in [0.2, 0.25) is 5.02 Å². The van der Waals surface area contributed by atoms with Crippen molar-refractivity contribution in [3.05, 3.63) is 45.4 Å². The summed E-state index contributed by atoms with van der Waals surface area (Å²) in [5.74, 6) is 0. The van der Waals surface area contributed by atoms with Crippen LogP contribution in [0.15, 0.2) is 29.8 Å². The van der Waals surface area contributed by atoms with Gasteiger partial charge >= 0.3 is 0 Å². The van der Waals surface area contributed by atoms with Crippen LogP contribution in [-0.4, -0.2) is 11.5 Å². The second-order valence-electron chi connectivity index (χ2n) is 3.40. The topological polar surface area (TPSA) is 48.7 Å². The Morgan fingerprint density at radius 2 is 2.35 bits per heavy atom. The highest BCUT2D eigenvalue weighted by atomic mass is 35.5. The average Bonchev–Trinajstić information content (AvgIpc) is 2.84. The molecule has 2 aromatic rings. The van der Waals surface area contributed by atoms with Crippen LogP contribution in [0.3, 0.4) is 0 Å². The number of hydrogen-bond acceptors (Lipinski definition) is 4. The molecular weight excluding hydrogens is 254 g/mol. The number of benzene rings is 1. The van der Waals surface area contributed by atoms with E-state index >= 15 is 0 Å². The summed E-state index contributed by atoms with van der Waals surface area (Å²) in [6.07, 6.45) is 2.65. The first-order chi connectivity index (χ1) is 8.29. The van der Waals surface area contributed by atoms with Gasteiger partial charge in [-0.05, 0) is 18.2 Å². The highest BCUT2D eigenvalue weighted by Gasteiger charge is 2.02. The molecule has 0 aliphatic rings. The van der Waals surface area contributed by atoms with E-state index in [4.69, 9.17) is 16.9 Å². The molecule has 17 heavy (non-hydrogen) atoms. The van der Waals surface area contributed by atoms with Crippen molar-refractivity contribution in [3.8, 4) is 6.07 Å². The van der Waals surface area contributed by atoms with Crippen molar-refractivity contribution in [3.63, 3.8) is 0 Å². The molecular formula is C12H10ClN3S. The third-order valence-corrected chi connectivity index (χ3v) is 3.31. The first kappa shape index (κ1) is 11.9. The molecule has 1 aromatic carbocycles. The third-order valence-electron chi connectivity index (χ3n) is 2.24. The zero-order valence-corrected chi connectivity index (χ0v) is 10.6. The minimum Gasteiger partial charge on any atom is -0.384 e. The largest absolute Gasteiger partial charge is 0.384 e. The Morgan fingerprint density at radius 1 is 1.47 bits per heavy atom. The molecule has 0 unspecified atom stereocenters. The molecule has 0 bridgehead atoms. The number of halogens is 1. The van der Waals surface area contributed by atoms with Gasteiger partial charge in [0, 0.05) is 29.6 Å². The van der Waals surface area contributed by atoms with Gasteiger partial charge in [-0.2, -0.15) is 5.26 Å². The molecule has 0 amide bonds. The van der Waals surface area contributed by atoms with Gasteiger partial charge in [0.05, 0.1) is 16.3 Å². The van der Waals surface area contributed by atoms with Gasteiger partial charge in [0.25, 0.3) is 0 Å². The molecule has 0 saturated heterocycles. The normalized spacial score (nSPS) is 9.88. The number of nitrogens with one attached hydrogen (secondary N) is 1. The van der Waals surface area contributed by atoms with E-state index in [9.17, 15) is 0 Å². The molecule has 0 aliphatic heterocycles. The molecule has 3 nitrogen and oxygen atoms in total. The zero-order chi connectivity index (χ0) is 12.1. The number of anilines is 1. The van der Waals surface area contributed by atoms with E-state index in [1.807, 2.05) is 11.4 Å². The quantitative estimate of drug-likeness (QED) is 0.921. The fourth-order valence-electron chi connectivity index (χ4n) is 1.44. The molecule has 0 radical (unpaired) electrons. The zero-order valence-electron chi connectivity index (χ0n) is 8.98. The first-order valence-corrected chi connectivity index (χ1v) is 6.37. The van der Waals surface area contributed by atoms with E-state index in [0.717, 1.165) is 23.7 Å². The highest BCUT2D eigenvalue weighted by Crippen LogP contribution is 2.19. The molecule has 0 spiro atoms. The molecule has 2 rings (SSSR count). The van der Waals surface area contributed by atoms with Gasteiger partial charge in [-0.25, -0.2) is 4.98 Å². The van der Waals surface area contributed by atoms with E-state index in [1.165, 1.54) is 0 Å². The minimum absolute atomic E-state index is 0.566. The van der Waals surface area contributed by atoms with E-state index in [1.54, 1.807) is 29.7 Å². The van der Waals surface area contributed by atoms with Crippen molar-refractivity contribution in [2.75, 3.05) is 11.9 Å². The van der Waals surface area contributed by atoms with E-state index in [-0.39, 0.29) is 0 Å². The Morgan fingerprint density at radius 3 is 3.06 bits per heavy atom.